The van der Waals surface area contributed by atoms with Crippen molar-refractivity contribution < 1.29 is 13.2 Å². The molecular formula is C22H25N5O4S. The van der Waals surface area contributed by atoms with Gasteiger partial charge in [0.15, 0.2) is 9.84 Å². The highest BCUT2D eigenvalue weighted by molar-refractivity contribution is 7.91. The molecule has 0 unspecified atom stereocenters. The summed E-state index contributed by atoms with van der Waals surface area (Å²) in [5, 5.41) is 12.3. The number of nitriles is 1. The number of pyridine rings is 1. The Morgan fingerprint density at radius 3 is 2.62 bits per heavy atom. The molecule has 2 saturated heterocycles. The number of carbonyl (C=O) groups excluding carboxylic acids is 1. The quantitative estimate of drug-likeness (QED) is 0.544. The molecule has 0 bridgehead atoms. The molecule has 0 radical (unpaired) electrons. The van der Waals surface area contributed by atoms with E-state index in [-0.39, 0.29) is 28.2 Å². The Bertz CT molecular complexity index is 1270. The van der Waals surface area contributed by atoms with E-state index in [2.05, 4.69) is 5.32 Å². The van der Waals surface area contributed by atoms with Crippen molar-refractivity contribution in [3.8, 4) is 6.07 Å². The number of nitrogens with one attached hydrogen (secondary N) is 1. The van der Waals surface area contributed by atoms with Gasteiger partial charge in [-0.25, -0.2) is 13.4 Å². The molecule has 2 aliphatic heterocycles. The molecular weight excluding hydrogens is 430 g/mol. The maximum atomic E-state index is 13.3. The average Bonchev–Trinajstić information content (AvgIpc) is 2.95. The molecule has 1 amide bonds. The van der Waals surface area contributed by atoms with E-state index in [1.54, 1.807) is 24.4 Å². The molecule has 9 nitrogen and oxygen atoms in total. The number of carbonyl (C=O) groups is 1. The summed E-state index contributed by atoms with van der Waals surface area (Å²) >= 11 is 0. The van der Waals surface area contributed by atoms with Gasteiger partial charge < -0.3 is 10.2 Å². The third kappa shape index (κ3) is 4.67. The first kappa shape index (κ1) is 22.0. The lowest BCUT2D eigenvalue weighted by molar-refractivity contribution is -0.117. The van der Waals surface area contributed by atoms with E-state index >= 15 is 0 Å². The molecule has 0 aromatic carbocycles. The molecule has 2 aromatic rings. The Balaban J connectivity index is 1.75. The van der Waals surface area contributed by atoms with E-state index in [0.717, 1.165) is 38.8 Å². The van der Waals surface area contributed by atoms with Crippen LogP contribution in [0.1, 0.15) is 37.7 Å². The number of aromatic nitrogens is 2. The van der Waals surface area contributed by atoms with E-state index in [1.807, 2.05) is 11.0 Å². The van der Waals surface area contributed by atoms with E-state index in [4.69, 9.17) is 4.98 Å². The van der Waals surface area contributed by atoms with Crippen molar-refractivity contribution >= 4 is 33.3 Å². The summed E-state index contributed by atoms with van der Waals surface area (Å²) in [6, 6.07) is 6.59. The first-order chi connectivity index (χ1) is 15.4. The molecule has 4 rings (SSSR count). The zero-order chi connectivity index (χ0) is 22.7. The van der Waals surface area contributed by atoms with Crippen LogP contribution in [-0.4, -0.2) is 54.3 Å². The lowest BCUT2D eigenvalue weighted by Gasteiger charge is -2.23. The third-order valence-corrected chi connectivity index (χ3v) is 7.64. The second-order valence-corrected chi connectivity index (χ2v) is 10.5. The van der Waals surface area contributed by atoms with Gasteiger partial charge in [-0.2, -0.15) is 5.26 Å². The van der Waals surface area contributed by atoms with Gasteiger partial charge in [-0.15, -0.1) is 0 Å². The van der Waals surface area contributed by atoms with Crippen LogP contribution >= 0.6 is 0 Å². The second-order valence-electron chi connectivity index (χ2n) is 8.23. The van der Waals surface area contributed by atoms with Crippen LogP contribution in [0.4, 0.5) is 5.82 Å². The zero-order valence-electron chi connectivity index (χ0n) is 17.7. The zero-order valence-corrected chi connectivity index (χ0v) is 18.5. The van der Waals surface area contributed by atoms with Gasteiger partial charge in [0, 0.05) is 25.3 Å². The lowest BCUT2D eigenvalue weighted by Crippen LogP contribution is -2.36. The van der Waals surface area contributed by atoms with Crippen LogP contribution < -0.4 is 15.8 Å². The molecule has 2 aliphatic rings. The predicted octanol–water partition coefficient (Wildman–Crippen LogP) is 1.29. The molecule has 10 heteroatoms. The van der Waals surface area contributed by atoms with Crippen molar-refractivity contribution in [2.75, 3.05) is 29.5 Å². The largest absolute Gasteiger partial charge is 0.356 e. The van der Waals surface area contributed by atoms with E-state index in [0.29, 0.717) is 17.9 Å². The normalized spacial score (nSPS) is 21.2. The Morgan fingerprint density at radius 2 is 1.97 bits per heavy atom. The highest BCUT2D eigenvalue weighted by Crippen LogP contribution is 2.23. The van der Waals surface area contributed by atoms with Crippen molar-refractivity contribution in [1.29, 1.82) is 5.26 Å². The summed E-state index contributed by atoms with van der Waals surface area (Å²) in [7, 11) is -3.18. The Kier molecular flexibility index (Phi) is 6.28. The number of anilines is 1. The molecule has 168 valence electrons. The van der Waals surface area contributed by atoms with Gasteiger partial charge in [-0.3, -0.25) is 14.0 Å². The first-order valence-electron chi connectivity index (χ1n) is 10.8. The van der Waals surface area contributed by atoms with Crippen LogP contribution in [0.25, 0.3) is 11.7 Å². The number of amides is 1. The van der Waals surface area contributed by atoms with Crippen molar-refractivity contribution in [3.05, 3.63) is 45.9 Å². The van der Waals surface area contributed by atoms with Gasteiger partial charge in [0.1, 0.15) is 23.1 Å². The third-order valence-electron chi connectivity index (χ3n) is 5.88. The van der Waals surface area contributed by atoms with E-state index in [9.17, 15) is 23.3 Å². The number of hydrogen-bond acceptors (Lipinski definition) is 7. The molecule has 2 aromatic heterocycles. The Labute approximate surface area is 186 Å². The summed E-state index contributed by atoms with van der Waals surface area (Å²) in [6.07, 6.45) is 7.35. The maximum Gasteiger partial charge on any atom is 0.267 e. The van der Waals surface area contributed by atoms with Gasteiger partial charge in [-0.1, -0.05) is 18.9 Å². The van der Waals surface area contributed by atoms with Crippen LogP contribution in [0.15, 0.2) is 34.8 Å². The highest BCUT2D eigenvalue weighted by atomic mass is 32.2. The van der Waals surface area contributed by atoms with E-state index < -0.39 is 21.8 Å². The molecule has 0 spiro atoms. The van der Waals surface area contributed by atoms with Crippen molar-refractivity contribution in [2.24, 2.45) is 0 Å². The summed E-state index contributed by atoms with van der Waals surface area (Å²) in [4.78, 5) is 32.8. The minimum absolute atomic E-state index is 0.0125. The fourth-order valence-corrected chi connectivity index (χ4v) is 5.88. The minimum atomic E-state index is -3.18. The Hall–Kier alpha value is -3.19. The molecule has 32 heavy (non-hydrogen) atoms. The van der Waals surface area contributed by atoms with Crippen molar-refractivity contribution in [2.45, 2.75) is 38.1 Å². The van der Waals surface area contributed by atoms with Gasteiger partial charge >= 0.3 is 0 Å². The maximum absolute atomic E-state index is 13.3. The van der Waals surface area contributed by atoms with Gasteiger partial charge in [-0.05, 0) is 37.5 Å². The van der Waals surface area contributed by atoms with Crippen LogP contribution in [0, 0.1) is 11.3 Å². The lowest BCUT2D eigenvalue weighted by atomic mass is 10.1. The fraction of sp³-hybridized carbons (Fsp3) is 0.455. The summed E-state index contributed by atoms with van der Waals surface area (Å²) in [6.45, 7) is 1.48. The van der Waals surface area contributed by atoms with Crippen LogP contribution in [-0.2, 0) is 14.6 Å². The van der Waals surface area contributed by atoms with Crippen molar-refractivity contribution in [3.63, 3.8) is 0 Å². The molecule has 4 heterocycles. The molecule has 1 N–H and O–H groups in total. The number of fused-ring (bicyclic) bond motifs is 1. The van der Waals surface area contributed by atoms with Gasteiger partial charge in [0.2, 0.25) is 0 Å². The molecule has 1 atom stereocenters. The van der Waals surface area contributed by atoms with Crippen LogP contribution in [0.5, 0.6) is 0 Å². The first-order valence-corrected chi connectivity index (χ1v) is 12.6. The van der Waals surface area contributed by atoms with Crippen LogP contribution in [0.3, 0.4) is 0 Å². The van der Waals surface area contributed by atoms with Gasteiger partial charge in [0.05, 0.1) is 17.1 Å². The smallest absolute Gasteiger partial charge is 0.267 e. The Morgan fingerprint density at radius 1 is 1.22 bits per heavy atom. The van der Waals surface area contributed by atoms with Crippen molar-refractivity contribution in [1.82, 2.24) is 14.7 Å². The number of hydrogen-bond donors (Lipinski definition) is 1. The minimum Gasteiger partial charge on any atom is -0.356 e. The summed E-state index contributed by atoms with van der Waals surface area (Å²) < 4.78 is 24.8. The molecule has 2 fully saturated rings. The number of nitrogens with zero attached hydrogens (tertiary/aromatic N) is 4. The monoisotopic (exact) mass is 455 g/mol. The summed E-state index contributed by atoms with van der Waals surface area (Å²) in [5.74, 6) is -0.351. The topological polar surface area (TPSA) is 125 Å². The number of sulfone groups is 1. The van der Waals surface area contributed by atoms with Gasteiger partial charge in [0.25, 0.3) is 11.5 Å². The fourth-order valence-electron chi connectivity index (χ4n) is 4.21. The standard InChI is InChI=1S/C22H25N5O4S/c23-14-16(21(28)24-17-8-12-32(30,31)15-17)13-18-20(26-9-4-1-2-5-10-26)25-19-7-3-6-11-27(19)22(18)29/h3,6-7,11,13,17H,1-2,4-5,8-10,12,15H2,(H,24,28)/b16-13+/t17-/m1/s1. The predicted molar refractivity (Wildman–Crippen MR) is 121 cm³/mol. The molecule has 0 aliphatic carbocycles. The average molecular weight is 456 g/mol. The second kappa shape index (κ2) is 9.12. The van der Waals surface area contributed by atoms with Crippen LogP contribution in [0.2, 0.25) is 0 Å². The highest BCUT2D eigenvalue weighted by Gasteiger charge is 2.30. The SMILES string of the molecule is N#C/C(=C\c1c(N2CCCCCC2)nc2ccccn2c1=O)C(=O)N[C@@H]1CCS(=O)(=O)C1. The van der Waals surface area contributed by atoms with E-state index in [1.165, 1.54) is 10.5 Å². The summed E-state index contributed by atoms with van der Waals surface area (Å²) in [5.41, 5.74) is 0.0633. The number of rotatable bonds is 4. The molecule has 0 saturated carbocycles.